The highest BCUT2D eigenvalue weighted by atomic mass is 32.2. The summed E-state index contributed by atoms with van der Waals surface area (Å²) in [6.07, 6.45) is 1.71. The molecule has 1 amide bonds. The summed E-state index contributed by atoms with van der Waals surface area (Å²) in [4.78, 5) is 14.5. The summed E-state index contributed by atoms with van der Waals surface area (Å²) in [5, 5.41) is 8.86. The quantitative estimate of drug-likeness (QED) is 0.609. The first-order chi connectivity index (χ1) is 14.3. The summed E-state index contributed by atoms with van der Waals surface area (Å²) in [5.41, 5.74) is 1.77. The highest BCUT2D eigenvalue weighted by molar-refractivity contribution is 7.91. The lowest BCUT2D eigenvalue weighted by atomic mass is 10.1. The second kappa shape index (κ2) is 9.18. The molecule has 158 valence electrons. The van der Waals surface area contributed by atoms with Gasteiger partial charge in [-0.3, -0.25) is 4.79 Å². The van der Waals surface area contributed by atoms with Crippen LogP contribution in [0.25, 0.3) is 0 Å². The molecule has 2 aromatic carbocycles. The second-order valence-corrected chi connectivity index (χ2v) is 9.34. The van der Waals surface area contributed by atoms with E-state index in [1.54, 1.807) is 61.6 Å². The molecule has 0 bridgehead atoms. The van der Waals surface area contributed by atoms with E-state index in [1.165, 1.54) is 0 Å². The highest BCUT2D eigenvalue weighted by Crippen LogP contribution is 2.32. The van der Waals surface area contributed by atoms with Gasteiger partial charge in [-0.1, -0.05) is 12.1 Å². The molecule has 0 saturated heterocycles. The maximum Gasteiger partial charge on any atom is 0.238 e. The van der Waals surface area contributed by atoms with Crippen LogP contribution in [-0.2, 0) is 26.9 Å². The number of sulfone groups is 1. The van der Waals surface area contributed by atoms with Crippen molar-refractivity contribution in [1.82, 2.24) is 4.90 Å². The molecular formula is C22H24N2O5S. The van der Waals surface area contributed by atoms with Crippen molar-refractivity contribution >= 4 is 15.7 Å². The number of nitriles is 1. The number of carbonyl (C=O) groups is 1. The van der Waals surface area contributed by atoms with E-state index in [2.05, 4.69) is 0 Å². The molecule has 1 saturated carbocycles. The molecule has 0 spiro atoms. The molecule has 0 radical (unpaired) electrons. The first kappa shape index (κ1) is 21.7. The second-order valence-electron chi connectivity index (χ2n) is 7.27. The van der Waals surface area contributed by atoms with E-state index < -0.39 is 21.5 Å². The highest BCUT2D eigenvalue weighted by Gasteiger charge is 2.35. The number of methoxy groups -OCH3 is 2. The molecule has 30 heavy (non-hydrogen) atoms. The van der Waals surface area contributed by atoms with E-state index in [9.17, 15) is 13.2 Å². The van der Waals surface area contributed by atoms with Crippen LogP contribution < -0.4 is 9.47 Å². The molecule has 0 heterocycles. The zero-order valence-corrected chi connectivity index (χ0v) is 17.8. The number of nitrogens with zero attached hydrogens (tertiary/aromatic N) is 2. The number of hydrogen-bond donors (Lipinski definition) is 0. The van der Waals surface area contributed by atoms with Gasteiger partial charge in [0, 0.05) is 18.2 Å². The van der Waals surface area contributed by atoms with Gasteiger partial charge in [0.05, 0.1) is 31.6 Å². The van der Waals surface area contributed by atoms with E-state index in [4.69, 9.17) is 14.7 Å². The average molecular weight is 429 g/mol. The minimum Gasteiger partial charge on any atom is -0.497 e. The fraction of sp³-hybridized carbons (Fsp3) is 0.364. The van der Waals surface area contributed by atoms with Crippen LogP contribution in [0.1, 0.15) is 29.5 Å². The largest absolute Gasteiger partial charge is 0.497 e. The van der Waals surface area contributed by atoms with Crippen molar-refractivity contribution in [3.8, 4) is 17.6 Å². The van der Waals surface area contributed by atoms with Crippen LogP contribution in [0.5, 0.6) is 11.5 Å². The predicted molar refractivity (Wildman–Crippen MR) is 112 cm³/mol. The topological polar surface area (TPSA) is 96.7 Å². The third-order valence-electron chi connectivity index (χ3n) is 4.95. The number of rotatable bonds is 9. The van der Waals surface area contributed by atoms with E-state index in [1.807, 2.05) is 6.07 Å². The normalized spacial score (nSPS) is 13.4. The van der Waals surface area contributed by atoms with Gasteiger partial charge in [0.2, 0.25) is 5.91 Å². The molecule has 0 aromatic heterocycles. The molecule has 7 nitrogen and oxygen atoms in total. The predicted octanol–water partition coefficient (Wildman–Crippen LogP) is 2.68. The van der Waals surface area contributed by atoms with Gasteiger partial charge in [0.15, 0.2) is 9.84 Å². The van der Waals surface area contributed by atoms with Crippen LogP contribution in [-0.4, -0.2) is 45.2 Å². The van der Waals surface area contributed by atoms with Crippen molar-refractivity contribution in [2.75, 3.05) is 20.0 Å². The SMILES string of the molecule is COc1ccc(OC)c(CN(C(=O)CS(=O)(=O)Cc2ccc(C#N)cc2)C2CC2)c1. The molecule has 2 aromatic rings. The summed E-state index contributed by atoms with van der Waals surface area (Å²) < 4.78 is 35.9. The Bertz CT molecular complexity index is 1050. The van der Waals surface area contributed by atoms with Gasteiger partial charge in [0.1, 0.15) is 17.3 Å². The van der Waals surface area contributed by atoms with Crippen molar-refractivity contribution in [3.63, 3.8) is 0 Å². The Balaban J connectivity index is 1.73. The Morgan fingerprint density at radius 3 is 2.40 bits per heavy atom. The summed E-state index contributed by atoms with van der Waals surface area (Å²) in [5.74, 6) is 0.0365. The lowest BCUT2D eigenvalue weighted by Gasteiger charge is -2.24. The van der Waals surface area contributed by atoms with E-state index in [-0.39, 0.29) is 18.3 Å². The molecule has 1 aliphatic rings. The summed E-state index contributed by atoms with van der Waals surface area (Å²) in [6, 6.07) is 13.7. The fourth-order valence-electron chi connectivity index (χ4n) is 3.25. The molecule has 3 rings (SSSR count). The van der Waals surface area contributed by atoms with E-state index in [0.717, 1.165) is 18.4 Å². The van der Waals surface area contributed by atoms with Crippen molar-refractivity contribution in [2.24, 2.45) is 0 Å². The van der Waals surface area contributed by atoms with Crippen LogP contribution in [0, 0.1) is 11.3 Å². The molecule has 1 fully saturated rings. The zero-order valence-electron chi connectivity index (χ0n) is 17.0. The Labute approximate surface area is 176 Å². The molecule has 0 N–H and O–H groups in total. The zero-order chi connectivity index (χ0) is 21.7. The molecular weight excluding hydrogens is 404 g/mol. The molecule has 0 atom stereocenters. The van der Waals surface area contributed by atoms with Crippen LogP contribution in [0.4, 0.5) is 0 Å². The van der Waals surface area contributed by atoms with Gasteiger partial charge < -0.3 is 14.4 Å². The van der Waals surface area contributed by atoms with Crippen LogP contribution in [0.2, 0.25) is 0 Å². The Morgan fingerprint density at radius 2 is 1.83 bits per heavy atom. The number of hydrogen-bond acceptors (Lipinski definition) is 6. The minimum atomic E-state index is -3.66. The summed E-state index contributed by atoms with van der Waals surface area (Å²) in [7, 11) is -0.542. The Kier molecular flexibility index (Phi) is 6.63. The van der Waals surface area contributed by atoms with Crippen molar-refractivity contribution in [1.29, 1.82) is 5.26 Å². The van der Waals surface area contributed by atoms with E-state index >= 15 is 0 Å². The maximum absolute atomic E-state index is 12.9. The van der Waals surface area contributed by atoms with Gasteiger partial charge in [-0.15, -0.1) is 0 Å². The molecule has 0 unspecified atom stereocenters. The Morgan fingerprint density at radius 1 is 1.13 bits per heavy atom. The number of carbonyl (C=O) groups excluding carboxylic acids is 1. The first-order valence-electron chi connectivity index (χ1n) is 9.55. The minimum absolute atomic E-state index is 0.0403. The van der Waals surface area contributed by atoms with Gasteiger partial charge in [-0.25, -0.2) is 8.42 Å². The first-order valence-corrected chi connectivity index (χ1v) is 11.4. The Hall–Kier alpha value is -3.05. The van der Waals surface area contributed by atoms with Crippen molar-refractivity contribution < 1.29 is 22.7 Å². The van der Waals surface area contributed by atoms with Gasteiger partial charge in [-0.05, 0) is 48.7 Å². The van der Waals surface area contributed by atoms with Crippen LogP contribution in [0.3, 0.4) is 0 Å². The number of amides is 1. The van der Waals surface area contributed by atoms with Gasteiger partial charge in [0.25, 0.3) is 0 Å². The van der Waals surface area contributed by atoms with Gasteiger partial charge >= 0.3 is 0 Å². The number of ether oxygens (including phenoxy) is 2. The van der Waals surface area contributed by atoms with E-state index in [0.29, 0.717) is 22.6 Å². The fourth-order valence-corrected chi connectivity index (χ4v) is 4.59. The third-order valence-corrected chi connectivity index (χ3v) is 6.41. The van der Waals surface area contributed by atoms with Gasteiger partial charge in [-0.2, -0.15) is 5.26 Å². The van der Waals surface area contributed by atoms with Crippen LogP contribution >= 0.6 is 0 Å². The summed E-state index contributed by atoms with van der Waals surface area (Å²) in [6.45, 7) is 0.260. The third kappa shape index (κ3) is 5.51. The molecule has 1 aliphatic carbocycles. The monoisotopic (exact) mass is 428 g/mol. The smallest absolute Gasteiger partial charge is 0.238 e. The van der Waals surface area contributed by atoms with Crippen molar-refractivity contribution in [2.45, 2.75) is 31.2 Å². The maximum atomic E-state index is 12.9. The van der Waals surface area contributed by atoms with Crippen LogP contribution in [0.15, 0.2) is 42.5 Å². The number of benzene rings is 2. The standard InChI is InChI=1S/C22H24N2O5S/c1-28-20-9-10-21(29-2)18(11-20)13-24(19-7-8-19)22(25)15-30(26,27)14-17-5-3-16(12-23)4-6-17/h3-6,9-11,19H,7-8,13-15H2,1-2H3. The lowest BCUT2D eigenvalue weighted by Crippen LogP contribution is -2.37. The molecule has 0 aliphatic heterocycles. The van der Waals surface area contributed by atoms with Crippen molar-refractivity contribution in [3.05, 3.63) is 59.2 Å². The average Bonchev–Trinajstić information content (AvgIpc) is 3.56. The lowest BCUT2D eigenvalue weighted by molar-refractivity contribution is -0.129. The summed E-state index contributed by atoms with van der Waals surface area (Å²) >= 11 is 0. The molecule has 8 heteroatoms.